The highest BCUT2D eigenvalue weighted by atomic mass is 19.2. The molecule has 0 aromatic heterocycles. The van der Waals surface area contributed by atoms with Crippen LogP contribution in [0.15, 0.2) is 12.1 Å². The van der Waals surface area contributed by atoms with Gasteiger partial charge in [-0.05, 0) is 31.0 Å². The van der Waals surface area contributed by atoms with Crippen LogP contribution < -0.4 is 5.32 Å². The van der Waals surface area contributed by atoms with Gasteiger partial charge in [0.1, 0.15) is 0 Å². The zero-order valence-corrected chi connectivity index (χ0v) is 11.3. The molecule has 1 atom stereocenters. The number of amides is 2. The minimum atomic E-state index is -1.51. The van der Waals surface area contributed by atoms with E-state index in [0.29, 0.717) is 0 Å². The van der Waals surface area contributed by atoms with E-state index in [2.05, 4.69) is 5.32 Å². The lowest BCUT2D eigenvalue weighted by molar-refractivity contribution is 0.144. The highest BCUT2D eigenvalue weighted by Gasteiger charge is 2.12. The Kier molecular flexibility index (Phi) is 5.82. The number of nitrogens with one attached hydrogen (secondary N) is 1. The van der Waals surface area contributed by atoms with Crippen molar-refractivity contribution in [2.75, 3.05) is 20.1 Å². The SMILES string of the molecule is C[C@@H](O)CN(C)C(=O)NCCc1cc(F)c(F)c(F)c1. The molecule has 0 heterocycles. The summed E-state index contributed by atoms with van der Waals surface area (Å²) < 4.78 is 38.7. The number of carbonyl (C=O) groups excluding carboxylic acids is 1. The van der Waals surface area contributed by atoms with Crippen molar-refractivity contribution in [1.29, 1.82) is 0 Å². The number of hydrogen-bond acceptors (Lipinski definition) is 2. The second-order valence-corrected chi connectivity index (χ2v) is 4.58. The van der Waals surface area contributed by atoms with Crippen LogP contribution in [0.25, 0.3) is 0 Å². The lowest BCUT2D eigenvalue weighted by Crippen LogP contribution is -2.41. The Balaban J connectivity index is 2.47. The van der Waals surface area contributed by atoms with Gasteiger partial charge in [-0.2, -0.15) is 0 Å². The summed E-state index contributed by atoms with van der Waals surface area (Å²) in [5.41, 5.74) is 0.250. The maximum atomic E-state index is 13.0. The monoisotopic (exact) mass is 290 g/mol. The first-order chi connectivity index (χ1) is 9.31. The van der Waals surface area contributed by atoms with Crippen molar-refractivity contribution in [3.05, 3.63) is 35.1 Å². The molecule has 0 saturated carbocycles. The van der Waals surface area contributed by atoms with Crippen LogP contribution >= 0.6 is 0 Å². The van der Waals surface area contributed by atoms with Gasteiger partial charge in [0, 0.05) is 20.1 Å². The van der Waals surface area contributed by atoms with Crippen LogP contribution in [0.5, 0.6) is 0 Å². The zero-order valence-electron chi connectivity index (χ0n) is 11.3. The van der Waals surface area contributed by atoms with E-state index in [9.17, 15) is 18.0 Å². The Morgan fingerprint density at radius 1 is 1.35 bits per heavy atom. The summed E-state index contributed by atoms with van der Waals surface area (Å²) in [6.07, 6.45) is -0.478. The molecular formula is C13H17F3N2O2. The van der Waals surface area contributed by atoms with E-state index in [1.54, 1.807) is 6.92 Å². The number of rotatable bonds is 5. The quantitative estimate of drug-likeness (QED) is 0.811. The van der Waals surface area contributed by atoms with Crippen molar-refractivity contribution in [3.8, 4) is 0 Å². The number of nitrogens with zero attached hydrogens (tertiary/aromatic N) is 1. The summed E-state index contributed by atoms with van der Waals surface area (Å²) in [6.45, 7) is 1.87. The Labute approximate surface area is 115 Å². The van der Waals surface area contributed by atoms with Crippen LogP contribution in [0.1, 0.15) is 12.5 Å². The van der Waals surface area contributed by atoms with Crippen molar-refractivity contribution in [2.24, 2.45) is 0 Å². The topological polar surface area (TPSA) is 52.6 Å². The van der Waals surface area contributed by atoms with Crippen molar-refractivity contribution in [1.82, 2.24) is 10.2 Å². The molecule has 4 nitrogen and oxygen atoms in total. The van der Waals surface area contributed by atoms with Crippen LogP contribution in [0, 0.1) is 17.5 Å². The number of halogens is 3. The molecule has 0 bridgehead atoms. The standard InChI is InChI=1S/C13H17F3N2O2/c1-8(19)7-18(2)13(20)17-4-3-9-5-10(14)12(16)11(15)6-9/h5-6,8,19H,3-4,7H2,1-2H3,(H,17,20)/t8-/m1/s1. The molecule has 0 spiro atoms. The summed E-state index contributed by atoms with van der Waals surface area (Å²) in [4.78, 5) is 12.8. The van der Waals surface area contributed by atoms with Gasteiger partial charge in [0.15, 0.2) is 17.5 Å². The van der Waals surface area contributed by atoms with Crippen molar-refractivity contribution in [2.45, 2.75) is 19.4 Å². The molecule has 0 aliphatic rings. The average molecular weight is 290 g/mol. The fourth-order valence-electron chi connectivity index (χ4n) is 1.68. The highest BCUT2D eigenvalue weighted by Crippen LogP contribution is 2.13. The first-order valence-electron chi connectivity index (χ1n) is 6.11. The van der Waals surface area contributed by atoms with Crippen molar-refractivity contribution >= 4 is 6.03 Å². The predicted molar refractivity (Wildman–Crippen MR) is 67.7 cm³/mol. The van der Waals surface area contributed by atoms with Crippen LogP contribution in [0.4, 0.5) is 18.0 Å². The summed E-state index contributed by atoms with van der Waals surface area (Å²) in [7, 11) is 1.51. The van der Waals surface area contributed by atoms with E-state index in [-0.39, 0.29) is 25.1 Å². The molecule has 2 N–H and O–H groups in total. The van der Waals surface area contributed by atoms with Crippen LogP contribution in [0.2, 0.25) is 0 Å². The number of urea groups is 1. The lowest BCUT2D eigenvalue weighted by atomic mass is 10.1. The van der Waals surface area contributed by atoms with Gasteiger partial charge in [-0.15, -0.1) is 0 Å². The molecule has 0 fully saturated rings. The molecule has 0 radical (unpaired) electrons. The van der Waals surface area contributed by atoms with Gasteiger partial charge >= 0.3 is 6.03 Å². The van der Waals surface area contributed by atoms with Gasteiger partial charge in [0.2, 0.25) is 0 Å². The van der Waals surface area contributed by atoms with Gasteiger partial charge in [-0.1, -0.05) is 0 Å². The minimum Gasteiger partial charge on any atom is -0.392 e. The molecule has 0 aliphatic heterocycles. The number of aliphatic hydroxyl groups excluding tert-OH is 1. The summed E-state index contributed by atoms with van der Waals surface area (Å²) in [6, 6.07) is 1.38. The first-order valence-corrected chi connectivity index (χ1v) is 6.11. The highest BCUT2D eigenvalue weighted by molar-refractivity contribution is 5.73. The van der Waals surface area contributed by atoms with Crippen LogP contribution in [-0.2, 0) is 6.42 Å². The smallest absolute Gasteiger partial charge is 0.317 e. The lowest BCUT2D eigenvalue weighted by Gasteiger charge is -2.19. The second-order valence-electron chi connectivity index (χ2n) is 4.58. The Morgan fingerprint density at radius 2 is 1.90 bits per heavy atom. The molecule has 1 rings (SSSR count). The third kappa shape index (κ3) is 4.73. The van der Waals surface area contributed by atoms with E-state index >= 15 is 0 Å². The van der Waals surface area contributed by atoms with Crippen molar-refractivity contribution in [3.63, 3.8) is 0 Å². The molecule has 2 amide bonds. The Bertz CT molecular complexity index is 458. The summed E-state index contributed by atoms with van der Waals surface area (Å²) in [5.74, 6) is -4.01. The van der Waals surface area contributed by atoms with E-state index in [4.69, 9.17) is 5.11 Å². The predicted octanol–water partition coefficient (Wildman–Crippen LogP) is 1.67. The third-order valence-electron chi connectivity index (χ3n) is 2.62. The van der Waals surface area contributed by atoms with Gasteiger partial charge in [0.25, 0.3) is 0 Å². The van der Waals surface area contributed by atoms with Gasteiger partial charge in [0.05, 0.1) is 6.10 Å². The summed E-state index contributed by atoms with van der Waals surface area (Å²) >= 11 is 0. The molecule has 7 heteroatoms. The number of likely N-dealkylation sites (N-methyl/N-ethyl adjacent to an activating group) is 1. The van der Waals surface area contributed by atoms with Crippen LogP contribution in [0.3, 0.4) is 0 Å². The van der Waals surface area contributed by atoms with E-state index in [1.165, 1.54) is 11.9 Å². The van der Waals surface area contributed by atoms with Crippen LogP contribution in [-0.4, -0.2) is 42.3 Å². The zero-order chi connectivity index (χ0) is 15.3. The Hall–Kier alpha value is -1.76. The fourth-order valence-corrected chi connectivity index (χ4v) is 1.68. The van der Waals surface area contributed by atoms with Gasteiger partial charge in [-0.3, -0.25) is 0 Å². The maximum absolute atomic E-state index is 13.0. The fraction of sp³-hybridized carbons (Fsp3) is 0.462. The minimum absolute atomic E-state index is 0.146. The maximum Gasteiger partial charge on any atom is 0.317 e. The van der Waals surface area contributed by atoms with Gasteiger partial charge in [-0.25, -0.2) is 18.0 Å². The van der Waals surface area contributed by atoms with E-state index < -0.39 is 29.6 Å². The molecule has 0 unspecified atom stereocenters. The Morgan fingerprint density at radius 3 is 2.40 bits per heavy atom. The average Bonchev–Trinajstić information content (AvgIpc) is 2.34. The molecular weight excluding hydrogens is 273 g/mol. The molecule has 1 aromatic rings. The largest absolute Gasteiger partial charge is 0.392 e. The summed E-state index contributed by atoms with van der Waals surface area (Å²) in [5, 5.41) is 11.6. The first kappa shape index (κ1) is 16.3. The molecule has 1 aromatic carbocycles. The normalized spacial score (nSPS) is 12.1. The second kappa shape index (κ2) is 7.14. The molecule has 0 aliphatic carbocycles. The van der Waals surface area contributed by atoms with Gasteiger partial charge < -0.3 is 15.3 Å². The number of benzene rings is 1. The number of hydrogen-bond donors (Lipinski definition) is 2. The molecule has 112 valence electrons. The van der Waals surface area contributed by atoms with E-state index in [1.807, 2.05) is 0 Å². The van der Waals surface area contributed by atoms with Crippen molar-refractivity contribution < 1.29 is 23.1 Å². The third-order valence-corrected chi connectivity index (χ3v) is 2.62. The number of aliphatic hydroxyl groups is 1. The molecule has 0 saturated heterocycles. The number of carbonyl (C=O) groups is 1. The molecule has 20 heavy (non-hydrogen) atoms. The van der Waals surface area contributed by atoms with E-state index in [0.717, 1.165) is 12.1 Å².